The standard InChI is InChI=1S/C36H22O/c1-2-13-24-23(11-1)12-9-19-25(24)34-26-14-3-5-16-28(26)35(29-17-6-4-15-27(29)34)31-20-10-22-33-36(31)30-18-7-8-21-32(30)37-33/h1-22H/i1D,2D,7D,8D,9D,10D,11D,12D,13D,18D,19D,20D,21D,22D. The summed E-state index contributed by atoms with van der Waals surface area (Å²) in [5, 5.41) is 1.48. The van der Waals surface area contributed by atoms with Crippen molar-refractivity contribution in [1.82, 2.24) is 0 Å². The van der Waals surface area contributed by atoms with Gasteiger partial charge in [-0.15, -0.1) is 0 Å². The summed E-state index contributed by atoms with van der Waals surface area (Å²) in [6.45, 7) is 0. The Balaban J connectivity index is 1.67. The van der Waals surface area contributed by atoms with Gasteiger partial charge in [-0.05, 0) is 66.7 Å². The van der Waals surface area contributed by atoms with Gasteiger partial charge >= 0.3 is 0 Å². The Bertz CT molecular complexity index is 2850. The molecule has 0 saturated heterocycles. The monoisotopic (exact) mass is 484 g/mol. The predicted octanol–water partition coefficient (Wildman–Crippen LogP) is 10.4. The smallest absolute Gasteiger partial charge is 0.136 e. The second-order valence-electron chi connectivity index (χ2n) is 8.60. The van der Waals surface area contributed by atoms with E-state index in [0.717, 1.165) is 0 Å². The first kappa shape index (κ1) is 11.0. The third kappa shape index (κ3) is 2.92. The lowest BCUT2D eigenvalue weighted by atomic mass is 9.84. The average Bonchev–Trinajstić information content (AvgIpc) is 3.53. The number of benzene rings is 7. The first-order chi connectivity index (χ1) is 24.2. The van der Waals surface area contributed by atoms with Crippen LogP contribution in [0.25, 0.3) is 76.5 Å². The molecule has 1 heterocycles. The summed E-state index contributed by atoms with van der Waals surface area (Å²) >= 11 is 0. The van der Waals surface area contributed by atoms with E-state index < -0.39 is 84.6 Å². The van der Waals surface area contributed by atoms with Crippen LogP contribution < -0.4 is 0 Å². The van der Waals surface area contributed by atoms with E-state index in [1.165, 1.54) is 0 Å². The third-order valence-electron chi connectivity index (χ3n) is 6.69. The summed E-state index contributed by atoms with van der Waals surface area (Å²) in [7, 11) is 0. The van der Waals surface area contributed by atoms with E-state index >= 15 is 0 Å². The molecule has 0 saturated carbocycles. The van der Waals surface area contributed by atoms with Crippen LogP contribution in [0, 0.1) is 0 Å². The van der Waals surface area contributed by atoms with Gasteiger partial charge in [-0.2, -0.15) is 0 Å². The van der Waals surface area contributed by atoms with Crippen LogP contribution in [0.15, 0.2) is 138 Å². The first-order valence-electron chi connectivity index (χ1n) is 18.6. The molecule has 0 N–H and O–H groups in total. The molecule has 0 aliphatic rings. The second-order valence-corrected chi connectivity index (χ2v) is 8.60. The van der Waals surface area contributed by atoms with Gasteiger partial charge < -0.3 is 4.42 Å². The molecule has 8 aromatic rings. The molecular weight excluding hydrogens is 448 g/mol. The zero-order valence-electron chi connectivity index (χ0n) is 33.0. The van der Waals surface area contributed by atoms with Crippen molar-refractivity contribution in [3.8, 4) is 22.3 Å². The molecule has 0 amide bonds. The molecule has 1 aromatic heterocycles. The van der Waals surface area contributed by atoms with E-state index in [9.17, 15) is 1.37 Å². The molecule has 1 nitrogen and oxygen atoms in total. The highest BCUT2D eigenvalue weighted by atomic mass is 16.3. The average molecular weight is 485 g/mol. The minimum atomic E-state index is -0.574. The highest BCUT2D eigenvalue weighted by Gasteiger charge is 2.20. The van der Waals surface area contributed by atoms with Gasteiger partial charge in [0.05, 0.1) is 19.2 Å². The minimum Gasteiger partial charge on any atom is -0.456 e. The van der Waals surface area contributed by atoms with E-state index in [-0.39, 0.29) is 43.8 Å². The highest BCUT2D eigenvalue weighted by Crippen LogP contribution is 2.47. The summed E-state index contributed by atoms with van der Waals surface area (Å²) in [4.78, 5) is 0. The predicted molar refractivity (Wildman–Crippen MR) is 157 cm³/mol. The van der Waals surface area contributed by atoms with Gasteiger partial charge in [0.15, 0.2) is 0 Å². The lowest BCUT2D eigenvalue weighted by Crippen LogP contribution is -1.92. The van der Waals surface area contributed by atoms with E-state index in [1.807, 2.05) is 0 Å². The molecule has 8 rings (SSSR count). The maximum atomic E-state index is 9.25. The Labute approximate surface area is 233 Å². The molecule has 0 spiro atoms. The van der Waals surface area contributed by atoms with Gasteiger partial charge in [0.1, 0.15) is 11.2 Å². The number of hydrogen-bond donors (Lipinski definition) is 0. The maximum absolute atomic E-state index is 9.25. The fraction of sp³-hybridized carbons (Fsp3) is 0. The molecule has 1 heteroatoms. The molecular formula is C36H22O. The van der Waals surface area contributed by atoms with Crippen LogP contribution in [-0.2, 0) is 0 Å². The summed E-state index contributed by atoms with van der Waals surface area (Å²) in [6.07, 6.45) is 0. The SMILES string of the molecule is [2H]c1c([2H])c([2H])c2c(oc3c([2H])c([2H])c([2H])c(-c4c5ccccc5c(-c5c([2H])c([2H])c([2H])c6c([2H])c([2H])c([2H])c([2H])c56)c5ccccc45)c32)c1[2H]. The number of para-hydroxylation sites is 1. The van der Waals surface area contributed by atoms with Gasteiger partial charge in [-0.25, -0.2) is 0 Å². The Morgan fingerprint density at radius 3 is 1.68 bits per heavy atom. The Morgan fingerprint density at radius 2 is 0.946 bits per heavy atom. The molecule has 0 aliphatic carbocycles. The van der Waals surface area contributed by atoms with Crippen LogP contribution in [0.4, 0.5) is 0 Å². The van der Waals surface area contributed by atoms with Crippen LogP contribution in [-0.4, -0.2) is 0 Å². The van der Waals surface area contributed by atoms with Crippen molar-refractivity contribution in [2.75, 3.05) is 0 Å². The normalized spacial score (nSPS) is 17.1. The van der Waals surface area contributed by atoms with Crippen molar-refractivity contribution >= 4 is 54.3 Å². The maximum Gasteiger partial charge on any atom is 0.136 e. The van der Waals surface area contributed by atoms with Crippen molar-refractivity contribution in [2.45, 2.75) is 0 Å². The minimum absolute atomic E-state index is 0.0127. The molecule has 7 aromatic carbocycles. The van der Waals surface area contributed by atoms with Crippen molar-refractivity contribution in [3.05, 3.63) is 133 Å². The number of rotatable bonds is 2. The molecule has 37 heavy (non-hydrogen) atoms. The molecule has 0 aliphatic heterocycles. The second kappa shape index (κ2) is 7.81. The van der Waals surface area contributed by atoms with Crippen molar-refractivity contribution in [3.63, 3.8) is 0 Å². The number of hydrogen-bond acceptors (Lipinski definition) is 1. The van der Waals surface area contributed by atoms with Crippen LogP contribution >= 0.6 is 0 Å². The van der Waals surface area contributed by atoms with E-state index in [2.05, 4.69) is 0 Å². The van der Waals surface area contributed by atoms with Crippen LogP contribution in [0.2, 0.25) is 0 Å². The largest absolute Gasteiger partial charge is 0.456 e. The van der Waals surface area contributed by atoms with Gasteiger partial charge in [0.2, 0.25) is 0 Å². The summed E-state index contributed by atoms with van der Waals surface area (Å²) < 4.78 is 127. The molecule has 0 fully saturated rings. The Hall–Kier alpha value is -4.88. The molecule has 0 bridgehead atoms. The fourth-order valence-electron chi connectivity index (χ4n) is 5.21. The quantitative estimate of drug-likeness (QED) is 0.222. The van der Waals surface area contributed by atoms with Crippen LogP contribution in [0.3, 0.4) is 0 Å². The third-order valence-corrected chi connectivity index (χ3v) is 6.69. The van der Waals surface area contributed by atoms with Crippen molar-refractivity contribution in [1.29, 1.82) is 0 Å². The number of fused-ring (bicyclic) bond motifs is 6. The summed E-state index contributed by atoms with van der Waals surface area (Å²) in [6, 6.07) is 6.85. The van der Waals surface area contributed by atoms with E-state index in [1.54, 1.807) is 48.5 Å². The summed E-state index contributed by atoms with van der Waals surface area (Å²) in [5.74, 6) is 0. The fourth-order valence-corrected chi connectivity index (χ4v) is 5.21. The van der Waals surface area contributed by atoms with Crippen LogP contribution in [0.5, 0.6) is 0 Å². The van der Waals surface area contributed by atoms with E-state index in [4.69, 9.17) is 22.2 Å². The van der Waals surface area contributed by atoms with Crippen molar-refractivity contribution < 1.29 is 23.6 Å². The summed E-state index contributed by atoms with van der Waals surface area (Å²) in [5.41, 5.74) is 0.380. The first-order valence-corrected chi connectivity index (χ1v) is 11.6. The zero-order valence-corrected chi connectivity index (χ0v) is 19.0. The molecule has 0 atom stereocenters. The lowest BCUT2D eigenvalue weighted by Gasteiger charge is -2.19. The van der Waals surface area contributed by atoms with Gasteiger partial charge in [0, 0.05) is 10.8 Å². The lowest BCUT2D eigenvalue weighted by molar-refractivity contribution is 0.669. The van der Waals surface area contributed by atoms with Gasteiger partial charge in [0.25, 0.3) is 0 Å². The Morgan fingerprint density at radius 1 is 0.432 bits per heavy atom. The van der Waals surface area contributed by atoms with E-state index in [0.29, 0.717) is 32.7 Å². The zero-order chi connectivity index (χ0) is 36.5. The van der Waals surface area contributed by atoms with Crippen molar-refractivity contribution in [2.24, 2.45) is 0 Å². The van der Waals surface area contributed by atoms with Crippen LogP contribution in [0.1, 0.15) is 19.2 Å². The van der Waals surface area contributed by atoms with Gasteiger partial charge in [-0.3, -0.25) is 0 Å². The van der Waals surface area contributed by atoms with Gasteiger partial charge in [-0.1, -0.05) is 121 Å². The number of furan rings is 1. The Kier molecular flexibility index (Phi) is 2.33. The molecule has 0 radical (unpaired) electrons. The topological polar surface area (TPSA) is 13.1 Å². The highest BCUT2D eigenvalue weighted by molar-refractivity contribution is 6.26. The molecule has 172 valence electrons. The molecule has 0 unspecified atom stereocenters.